The molecule has 3 rings (SSSR count). The molecule has 0 saturated carbocycles. The van der Waals surface area contributed by atoms with Gasteiger partial charge in [-0.25, -0.2) is 10.1 Å². The van der Waals surface area contributed by atoms with Crippen LogP contribution in [-0.2, 0) is 4.79 Å². The molecule has 4 N–H and O–H groups in total. The Kier molecular flexibility index (Phi) is 7.27. The van der Waals surface area contributed by atoms with Crippen molar-refractivity contribution in [2.45, 2.75) is 12.1 Å². The summed E-state index contributed by atoms with van der Waals surface area (Å²) in [4.78, 5) is 16.3. The Balaban J connectivity index is 1.58. The molecule has 1 amide bonds. The Morgan fingerprint density at radius 3 is 2.48 bits per heavy atom. The number of benzene rings is 1. The molecule has 1 aromatic carbocycles. The van der Waals surface area contributed by atoms with Gasteiger partial charge in [-0.3, -0.25) is 9.78 Å². The number of carbonyl (C=O) groups excluding carboxylic acids is 1. The van der Waals surface area contributed by atoms with Crippen molar-refractivity contribution in [3.8, 4) is 11.5 Å². The van der Waals surface area contributed by atoms with Gasteiger partial charge >= 0.3 is 0 Å². The first-order valence-corrected chi connectivity index (χ1v) is 10.1. The number of aromatic nitrogens is 4. The zero-order valence-corrected chi connectivity index (χ0v) is 18.0. The molecule has 0 atom stereocenters. The van der Waals surface area contributed by atoms with Crippen molar-refractivity contribution in [2.75, 3.05) is 36.6 Å². The van der Waals surface area contributed by atoms with Gasteiger partial charge < -0.3 is 20.6 Å². The molecule has 0 aliphatic carbocycles. The van der Waals surface area contributed by atoms with Crippen molar-refractivity contribution in [3.63, 3.8) is 0 Å². The van der Waals surface area contributed by atoms with E-state index in [9.17, 15) is 4.79 Å². The van der Waals surface area contributed by atoms with E-state index in [0.29, 0.717) is 22.3 Å². The van der Waals surface area contributed by atoms with E-state index < -0.39 is 0 Å². The average molecular weight is 443 g/mol. The second-order valence-electron chi connectivity index (χ2n) is 6.16. The standard InChI is InChI=1S/C19H22N8O3S/c1-12(13-4-6-21-7-5-13)23-24-18-25-26-19(27(18)20)31-11-17(28)22-14-8-15(29-2)10-16(9-14)30-3/h4-10H,11,20H2,1-3H3,(H,22,28)(H,24,25)/b23-12+. The van der Waals surface area contributed by atoms with E-state index in [1.54, 1.807) is 44.8 Å². The van der Waals surface area contributed by atoms with Crippen molar-refractivity contribution < 1.29 is 14.3 Å². The summed E-state index contributed by atoms with van der Waals surface area (Å²) in [6.07, 6.45) is 3.36. The van der Waals surface area contributed by atoms with Crippen LogP contribution in [0.4, 0.5) is 11.6 Å². The normalized spacial score (nSPS) is 11.1. The SMILES string of the molecule is COc1cc(NC(=O)CSc2nnc(N/N=C(\C)c3ccncc3)n2N)cc(OC)c1. The van der Waals surface area contributed by atoms with Crippen molar-refractivity contribution in [3.05, 3.63) is 48.3 Å². The molecule has 0 bridgehead atoms. The third kappa shape index (κ3) is 5.85. The summed E-state index contributed by atoms with van der Waals surface area (Å²) in [7, 11) is 3.08. The second-order valence-corrected chi connectivity index (χ2v) is 7.10. The van der Waals surface area contributed by atoms with Crippen LogP contribution in [0, 0.1) is 0 Å². The minimum atomic E-state index is -0.246. The van der Waals surface area contributed by atoms with Crippen LogP contribution in [0.2, 0.25) is 0 Å². The first-order chi connectivity index (χ1) is 15.0. The van der Waals surface area contributed by atoms with Crippen LogP contribution in [0.25, 0.3) is 0 Å². The lowest BCUT2D eigenvalue weighted by Gasteiger charge is -2.09. The maximum Gasteiger partial charge on any atom is 0.264 e. The Labute approximate surface area is 183 Å². The first kappa shape index (κ1) is 21.9. The van der Waals surface area contributed by atoms with E-state index in [1.807, 2.05) is 19.1 Å². The number of pyridine rings is 1. The zero-order valence-electron chi connectivity index (χ0n) is 17.2. The molecule has 0 fully saturated rings. The summed E-state index contributed by atoms with van der Waals surface area (Å²) in [5.41, 5.74) is 4.97. The second kappa shape index (κ2) is 10.3. The Morgan fingerprint density at radius 2 is 1.84 bits per heavy atom. The average Bonchev–Trinajstić information content (AvgIpc) is 3.15. The first-order valence-electron chi connectivity index (χ1n) is 9.07. The van der Waals surface area contributed by atoms with E-state index in [0.717, 1.165) is 23.0 Å². The van der Waals surface area contributed by atoms with Crippen LogP contribution >= 0.6 is 11.8 Å². The number of thioether (sulfide) groups is 1. The number of ether oxygens (including phenoxy) is 2. The predicted molar refractivity (Wildman–Crippen MR) is 119 cm³/mol. The number of anilines is 2. The van der Waals surface area contributed by atoms with Gasteiger partial charge in [0, 0.05) is 41.8 Å². The number of methoxy groups -OCH3 is 2. The fraction of sp³-hybridized carbons (Fsp3) is 0.211. The number of hydrogen-bond acceptors (Lipinski definition) is 10. The number of nitrogens with two attached hydrogens (primary N) is 1. The highest BCUT2D eigenvalue weighted by Crippen LogP contribution is 2.26. The van der Waals surface area contributed by atoms with Gasteiger partial charge in [-0.1, -0.05) is 11.8 Å². The van der Waals surface area contributed by atoms with Crippen LogP contribution in [0.3, 0.4) is 0 Å². The number of rotatable bonds is 9. The van der Waals surface area contributed by atoms with Crippen molar-refractivity contribution in [2.24, 2.45) is 5.10 Å². The molecule has 0 aliphatic heterocycles. The van der Waals surface area contributed by atoms with Gasteiger partial charge in [-0.15, -0.1) is 10.2 Å². The lowest BCUT2D eigenvalue weighted by molar-refractivity contribution is -0.113. The molecule has 31 heavy (non-hydrogen) atoms. The molecule has 0 unspecified atom stereocenters. The van der Waals surface area contributed by atoms with E-state index in [4.69, 9.17) is 15.3 Å². The summed E-state index contributed by atoms with van der Waals surface area (Å²) in [6.45, 7) is 1.84. The lowest BCUT2D eigenvalue weighted by Crippen LogP contribution is -2.17. The van der Waals surface area contributed by atoms with Gasteiger partial charge in [0.25, 0.3) is 5.95 Å². The lowest BCUT2D eigenvalue weighted by atomic mass is 10.2. The summed E-state index contributed by atoms with van der Waals surface area (Å²) in [5, 5.41) is 15.3. The maximum atomic E-state index is 12.3. The van der Waals surface area contributed by atoms with Gasteiger partial charge in [0.1, 0.15) is 11.5 Å². The molecule has 11 nitrogen and oxygen atoms in total. The van der Waals surface area contributed by atoms with Crippen molar-refractivity contribution in [1.29, 1.82) is 0 Å². The molecule has 3 aromatic rings. The molecule has 162 valence electrons. The minimum Gasteiger partial charge on any atom is -0.497 e. The van der Waals surface area contributed by atoms with Gasteiger partial charge in [0.15, 0.2) is 0 Å². The van der Waals surface area contributed by atoms with Crippen LogP contribution in [0.5, 0.6) is 11.5 Å². The van der Waals surface area contributed by atoms with E-state index >= 15 is 0 Å². The largest absolute Gasteiger partial charge is 0.497 e. The molecule has 2 aromatic heterocycles. The number of amides is 1. The number of nitrogens with zero attached hydrogens (tertiary/aromatic N) is 5. The predicted octanol–water partition coefficient (Wildman–Crippen LogP) is 1.97. The highest BCUT2D eigenvalue weighted by molar-refractivity contribution is 7.99. The number of hydrazone groups is 1. The molecule has 0 spiro atoms. The van der Waals surface area contributed by atoms with Crippen LogP contribution in [0.1, 0.15) is 12.5 Å². The third-order valence-corrected chi connectivity index (χ3v) is 5.00. The van der Waals surface area contributed by atoms with E-state index in [-0.39, 0.29) is 17.6 Å². The number of hydrogen-bond donors (Lipinski definition) is 3. The molecule has 12 heteroatoms. The highest BCUT2D eigenvalue weighted by Gasteiger charge is 2.13. The molecule has 0 saturated heterocycles. The van der Waals surface area contributed by atoms with Gasteiger partial charge in [0.05, 0.1) is 25.7 Å². The van der Waals surface area contributed by atoms with Crippen LogP contribution in [-0.4, -0.2) is 51.4 Å². The van der Waals surface area contributed by atoms with Crippen molar-refractivity contribution >= 4 is 35.0 Å². The zero-order chi connectivity index (χ0) is 22.2. The molecule has 2 heterocycles. The minimum absolute atomic E-state index is 0.0775. The Bertz CT molecular complexity index is 1050. The number of nitrogen functional groups attached to an aromatic ring is 1. The van der Waals surface area contributed by atoms with Crippen LogP contribution < -0.4 is 26.1 Å². The summed E-state index contributed by atoms with van der Waals surface area (Å²) in [5.74, 6) is 7.23. The topological polar surface area (TPSA) is 142 Å². The number of nitrogens with one attached hydrogen (secondary N) is 2. The smallest absolute Gasteiger partial charge is 0.264 e. The fourth-order valence-electron chi connectivity index (χ4n) is 2.45. The molecular formula is C19H22N8O3S. The van der Waals surface area contributed by atoms with Gasteiger partial charge in [-0.05, 0) is 19.1 Å². The Hall–Kier alpha value is -3.80. The third-order valence-electron chi connectivity index (χ3n) is 4.05. The molecule has 0 radical (unpaired) electrons. The molecular weight excluding hydrogens is 420 g/mol. The molecule has 0 aliphatic rings. The van der Waals surface area contributed by atoms with Crippen LogP contribution in [0.15, 0.2) is 53.0 Å². The Morgan fingerprint density at radius 1 is 1.16 bits per heavy atom. The van der Waals surface area contributed by atoms with Crippen molar-refractivity contribution in [1.82, 2.24) is 19.9 Å². The summed E-state index contributed by atoms with van der Waals surface area (Å²) >= 11 is 1.14. The monoisotopic (exact) mass is 442 g/mol. The van der Waals surface area contributed by atoms with E-state index in [1.165, 1.54) is 4.68 Å². The quantitative estimate of drug-likeness (QED) is 0.196. The van der Waals surface area contributed by atoms with Gasteiger partial charge in [-0.2, -0.15) is 5.10 Å². The van der Waals surface area contributed by atoms with E-state index in [2.05, 4.69) is 31.0 Å². The maximum absolute atomic E-state index is 12.3. The highest BCUT2D eigenvalue weighted by atomic mass is 32.2. The summed E-state index contributed by atoms with van der Waals surface area (Å²) < 4.78 is 11.6. The number of carbonyl (C=O) groups is 1. The fourth-order valence-corrected chi connectivity index (χ4v) is 3.11. The summed E-state index contributed by atoms with van der Waals surface area (Å²) in [6, 6.07) is 8.79. The van der Waals surface area contributed by atoms with Gasteiger partial charge in [0.2, 0.25) is 11.1 Å².